The Balaban J connectivity index is 1.78. The molecule has 29 heavy (non-hydrogen) atoms. The Morgan fingerprint density at radius 2 is 2.03 bits per heavy atom. The second-order valence-electron chi connectivity index (χ2n) is 10.3. The fraction of sp³-hybridized carbons (Fsp3) is 0.880. The van der Waals surface area contributed by atoms with Gasteiger partial charge in [0, 0.05) is 19.6 Å². The molecule has 0 aromatic rings. The molecule has 0 radical (unpaired) electrons. The molecule has 4 heteroatoms. The standard InChI is InChI=1S/C25H43NO3/c1-4-5-6-24(29)26-16-22-21(11-13-25(3)17(2)7-10-23(22)25)20-9-8-19(28)15-18(20)12-14-27/h18-23,27-28H,2,4-16H2,1,3H3,(H,26,29)/t18-,19-,20+,21+,22+,23-,25+/m0/s1. The maximum Gasteiger partial charge on any atom is 0.220 e. The van der Waals surface area contributed by atoms with Crippen molar-refractivity contribution in [1.82, 2.24) is 5.32 Å². The van der Waals surface area contributed by atoms with Crippen LogP contribution in [0.1, 0.15) is 84.5 Å². The first-order chi connectivity index (χ1) is 13.9. The van der Waals surface area contributed by atoms with Crippen molar-refractivity contribution < 1.29 is 15.0 Å². The Kier molecular flexibility index (Phi) is 7.83. The van der Waals surface area contributed by atoms with E-state index in [1.807, 2.05) is 0 Å². The van der Waals surface area contributed by atoms with Gasteiger partial charge in [-0.25, -0.2) is 0 Å². The van der Waals surface area contributed by atoms with Crippen LogP contribution in [0.4, 0.5) is 0 Å². The average Bonchev–Trinajstić information content (AvgIpc) is 3.00. The molecule has 1 amide bonds. The van der Waals surface area contributed by atoms with Gasteiger partial charge in [-0.15, -0.1) is 0 Å². The lowest BCUT2D eigenvalue weighted by Crippen LogP contribution is -2.49. The number of allylic oxidation sites excluding steroid dienone is 1. The number of aliphatic hydroxyl groups excluding tert-OH is 2. The van der Waals surface area contributed by atoms with Crippen LogP contribution in [-0.2, 0) is 4.79 Å². The summed E-state index contributed by atoms with van der Waals surface area (Å²) in [5.41, 5.74) is 1.63. The van der Waals surface area contributed by atoms with Gasteiger partial charge in [0.05, 0.1) is 6.10 Å². The van der Waals surface area contributed by atoms with Gasteiger partial charge in [0.25, 0.3) is 0 Å². The number of carbonyl (C=O) groups excluding carboxylic acids is 1. The molecule has 3 saturated carbocycles. The lowest BCUT2D eigenvalue weighted by molar-refractivity contribution is -0.122. The Labute approximate surface area is 177 Å². The predicted molar refractivity (Wildman–Crippen MR) is 117 cm³/mol. The summed E-state index contributed by atoms with van der Waals surface area (Å²) >= 11 is 0. The van der Waals surface area contributed by atoms with Crippen LogP contribution in [0.2, 0.25) is 0 Å². The Hall–Kier alpha value is -0.870. The second kappa shape index (κ2) is 9.96. The zero-order chi connectivity index (χ0) is 21.0. The molecular weight excluding hydrogens is 362 g/mol. The van der Waals surface area contributed by atoms with Gasteiger partial charge in [0.2, 0.25) is 5.91 Å². The Morgan fingerprint density at radius 3 is 2.76 bits per heavy atom. The van der Waals surface area contributed by atoms with Crippen LogP contribution in [0.25, 0.3) is 0 Å². The molecule has 3 rings (SSSR count). The first-order valence-corrected chi connectivity index (χ1v) is 12.1. The zero-order valence-electron chi connectivity index (χ0n) is 18.7. The van der Waals surface area contributed by atoms with E-state index in [0.717, 1.165) is 51.5 Å². The fourth-order valence-corrected chi connectivity index (χ4v) is 7.03. The van der Waals surface area contributed by atoms with Crippen LogP contribution >= 0.6 is 0 Å². The lowest BCUT2D eigenvalue weighted by atomic mass is 9.54. The summed E-state index contributed by atoms with van der Waals surface area (Å²) in [6.07, 6.45) is 10.7. The number of unbranched alkanes of at least 4 members (excludes halogenated alkanes) is 1. The SMILES string of the molecule is C=C1CC[C@H]2[C@H](CNC(=O)CCCC)[C@@H]([C@@H]3CC[C@H](O)C[C@@H]3CCO)CC[C@]12C. The molecule has 3 aliphatic rings. The van der Waals surface area contributed by atoms with E-state index in [1.165, 1.54) is 24.8 Å². The van der Waals surface area contributed by atoms with Crippen molar-refractivity contribution in [3.63, 3.8) is 0 Å². The highest BCUT2D eigenvalue weighted by atomic mass is 16.3. The number of hydrogen-bond donors (Lipinski definition) is 3. The van der Waals surface area contributed by atoms with E-state index in [-0.39, 0.29) is 24.0 Å². The van der Waals surface area contributed by atoms with Crippen LogP contribution in [-0.4, -0.2) is 35.4 Å². The molecule has 0 heterocycles. The maximum absolute atomic E-state index is 12.4. The monoisotopic (exact) mass is 405 g/mol. The van der Waals surface area contributed by atoms with E-state index in [1.54, 1.807) is 0 Å². The average molecular weight is 406 g/mol. The first-order valence-electron chi connectivity index (χ1n) is 12.1. The summed E-state index contributed by atoms with van der Waals surface area (Å²) in [7, 11) is 0. The summed E-state index contributed by atoms with van der Waals surface area (Å²) in [5, 5.41) is 23.1. The Bertz CT molecular complexity index is 576. The third-order valence-electron chi connectivity index (χ3n) is 8.80. The number of nitrogens with one attached hydrogen (secondary N) is 1. The van der Waals surface area contributed by atoms with E-state index >= 15 is 0 Å². The Morgan fingerprint density at radius 1 is 1.24 bits per heavy atom. The van der Waals surface area contributed by atoms with Crippen molar-refractivity contribution >= 4 is 5.91 Å². The molecular formula is C25H43NO3. The van der Waals surface area contributed by atoms with Crippen LogP contribution in [0.15, 0.2) is 12.2 Å². The zero-order valence-corrected chi connectivity index (χ0v) is 18.7. The molecule has 0 spiro atoms. The minimum Gasteiger partial charge on any atom is -0.396 e. The highest BCUT2D eigenvalue weighted by molar-refractivity contribution is 5.75. The van der Waals surface area contributed by atoms with Crippen molar-refractivity contribution in [2.45, 2.75) is 90.6 Å². The summed E-state index contributed by atoms with van der Waals surface area (Å²) in [4.78, 5) is 12.4. The van der Waals surface area contributed by atoms with Gasteiger partial charge in [0.15, 0.2) is 0 Å². The van der Waals surface area contributed by atoms with Crippen LogP contribution in [0.5, 0.6) is 0 Å². The van der Waals surface area contributed by atoms with Crippen molar-refractivity contribution in [2.24, 2.45) is 35.0 Å². The third-order valence-corrected chi connectivity index (χ3v) is 8.80. The largest absolute Gasteiger partial charge is 0.396 e. The molecule has 166 valence electrons. The molecule has 0 unspecified atom stereocenters. The number of fused-ring (bicyclic) bond motifs is 1. The van der Waals surface area contributed by atoms with Crippen LogP contribution in [0.3, 0.4) is 0 Å². The molecule has 4 nitrogen and oxygen atoms in total. The molecule has 0 aromatic carbocycles. The number of carbonyl (C=O) groups is 1. The van der Waals surface area contributed by atoms with Crippen molar-refractivity contribution in [1.29, 1.82) is 0 Å². The molecule has 0 bridgehead atoms. The van der Waals surface area contributed by atoms with Gasteiger partial charge in [-0.05, 0) is 92.8 Å². The first kappa shape index (κ1) is 22.8. The van der Waals surface area contributed by atoms with Gasteiger partial charge in [0.1, 0.15) is 0 Å². The minimum absolute atomic E-state index is 0.195. The predicted octanol–water partition coefficient (Wildman–Crippen LogP) is 4.45. The summed E-state index contributed by atoms with van der Waals surface area (Å²) in [5.74, 6) is 2.82. The highest BCUT2D eigenvalue weighted by Gasteiger charge is 2.53. The highest BCUT2D eigenvalue weighted by Crippen LogP contribution is 2.60. The van der Waals surface area contributed by atoms with Crippen molar-refractivity contribution in [3.8, 4) is 0 Å². The van der Waals surface area contributed by atoms with Gasteiger partial charge in [-0.3, -0.25) is 4.79 Å². The topological polar surface area (TPSA) is 69.6 Å². The van der Waals surface area contributed by atoms with Crippen molar-refractivity contribution in [3.05, 3.63) is 12.2 Å². The number of amides is 1. The fourth-order valence-electron chi connectivity index (χ4n) is 7.03. The van der Waals surface area contributed by atoms with E-state index in [0.29, 0.717) is 36.0 Å². The van der Waals surface area contributed by atoms with E-state index in [4.69, 9.17) is 0 Å². The van der Waals surface area contributed by atoms with Gasteiger partial charge in [-0.2, -0.15) is 0 Å². The number of aliphatic hydroxyl groups is 2. The smallest absolute Gasteiger partial charge is 0.220 e. The lowest BCUT2D eigenvalue weighted by Gasteiger charge is -2.52. The number of hydrogen-bond acceptors (Lipinski definition) is 3. The molecule has 3 aliphatic carbocycles. The number of rotatable bonds is 8. The van der Waals surface area contributed by atoms with Crippen LogP contribution in [0, 0.1) is 35.0 Å². The molecule has 3 N–H and O–H groups in total. The van der Waals surface area contributed by atoms with Crippen LogP contribution < -0.4 is 5.32 Å². The third kappa shape index (κ3) is 4.90. The van der Waals surface area contributed by atoms with Crippen molar-refractivity contribution in [2.75, 3.05) is 13.2 Å². The van der Waals surface area contributed by atoms with Gasteiger partial charge in [-0.1, -0.05) is 32.4 Å². The minimum atomic E-state index is -0.213. The quantitative estimate of drug-likeness (QED) is 0.523. The maximum atomic E-state index is 12.4. The second-order valence-corrected chi connectivity index (χ2v) is 10.3. The summed E-state index contributed by atoms with van der Waals surface area (Å²) < 4.78 is 0. The van der Waals surface area contributed by atoms with Gasteiger partial charge >= 0.3 is 0 Å². The molecule has 7 atom stereocenters. The molecule has 0 aliphatic heterocycles. The normalized spacial score (nSPS) is 39.9. The summed E-state index contributed by atoms with van der Waals surface area (Å²) in [6, 6.07) is 0. The van der Waals surface area contributed by atoms with E-state index < -0.39 is 0 Å². The molecule has 0 saturated heterocycles. The summed E-state index contributed by atoms with van der Waals surface area (Å²) in [6.45, 7) is 9.94. The van der Waals surface area contributed by atoms with Gasteiger partial charge < -0.3 is 15.5 Å². The van der Waals surface area contributed by atoms with E-state index in [9.17, 15) is 15.0 Å². The molecule has 0 aromatic heterocycles. The van der Waals surface area contributed by atoms with E-state index in [2.05, 4.69) is 25.7 Å². The molecule has 3 fully saturated rings.